The summed E-state index contributed by atoms with van der Waals surface area (Å²) in [4.78, 5) is 27.4. The molecule has 0 aromatic heterocycles. The minimum absolute atomic E-state index is 0.0500. The predicted octanol–water partition coefficient (Wildman–Crippen LogP) is 4.78. The van der Waals surface area contributed by atoms with E-state index in [1.807, 2.05) is 70.2 Å². The first-order valence-electron chi connectivity index (χ1n) is 10.3. The summed E-state index contributed by atoms with van der Waals surface area (Å²) in [5, 5.41) is 2.97. The van der Waals surface area contributed by atoms with Gasteiger partial charge in [-0.15, -0.1) is 0 Å². The lowest BCUT2D eigenvalue weighted by Gasteiger charge is -2.29. The highest BCUT2D eigenvalue weighted by atomic mass is 79.9. The molecule has 0 radical (unpaired) electrons. The maximum atomic E-state index is 13.1. The van der Waals surface area contributed by atoms with Gasteiger partial charge >= 0.3 is 0 Å². The number of carbonyl (C=O) groups excluding carboxylic acids is 2. The van der Waals surface area contributed by atoms with Gasteiger partial charge in [-0.2, -0.15) is 0 Å². The number of halogens is 1. The Hall–Kier alpha value is -2.34. The van der Waals surface area contributed by atoms with Crippen LogP contribution in [0.4, 0.5) is 0 Å². The Morgan fingerprint density at radius 3 is 2.50 bits per heavy atom. The van der Waals surface area contributed by atoms with Crippen molar-refractivity contribution in [1.29, 1.82) is 0 Å². The van der Waals surface area contributed by atoms with E-state index in [4.69, 9.17) is 4.74 Å². The highest BCUT2D eigenvalue weighted by Crippen LogP contribution is 2.21. The molecule has 6 heteroatoms. The third kappa shape index (κ3) is 6.59. The average Bonchev–Trinajstić information content (AvgIpc) is 2.72. The van der Waals surface area contributed by atoms with Gasteiger partial charge in [-0.1, -0.05) is 47.1 Å². The summed E-state index contributed by atoms with van der Waals surface area (Å²) in [6.45, 7) is 9.89. The first kappa shape index (κ1) is 23.9. The Bertz CT molecular complexity index is 885. The third-order valence-electron chi connectivity index (χ3n) is 5.32. The van der Waals surface area contributed by atoms with E-state index >= 15 is 0 Å². The van der Waals surface area contributed by atoms with Crippen molar-refractivity contribution in [2.75, 3.05) is 6.61 Å². The van der Waals surface area contributed by atoms with E-state index < -0.39 is 6.04 Å². The van der Waals surface area contributed by atoms with Gasteiger partial charge in [0, 0.05) is 17.1 Å². The van der Waals surface area contributed by atoms with Crippen molar-refractivity contribution in [2.24, 2.45) is 0 Å². The molecular weight excluding hydrogens is 444 g/mol. The van der Waals surface area contributed by atoms with Gasteiger partial charge in [0.25, 0.3) is 5.91 Å². The molecule has 0 bridgehead atoms. The van der Waals surface area contributed by atoms with E-state index in [2.05, 4.69) is 21.2 Å². The maximum Gasteiger partial charge on any atom is 0.261 e. The van der Waals surface area contributed by atoms with E-state index in [0.717, 1.165) is 27.6 Å². The van der Waals surface area contributed by atoms with Crippen molar-refractivity contribution >= 4 is 27.7 Å². The molecule has 0 fully saturated rings. The van der Waals surface area contributed by atoms with Crippen molar-refractivity contribution in [3.05, 3.63) is 63.6 Å². The number of nitrogens with one attached hydrogen (secondary N) is 1. The number of hydrogen-bond donors (Lipinski definition) is 1. The lowest BCUT2D eigenvalue weighted by atomic mass is 10.1. The van der Waals surface area contributed by atoms with Gasteiger partial charge < -0.3 is 15.0 Å². The summed E-state index contributed by atoms with van der Waals surface area (Å²) in [5.41, 5.74) is 3.05. The highest BCUT2D eigenvalue weighted by molar-refractivity contribution is 9.10. The van der Waals surface area contributed by atoms with Gasteiger partial charge in [0.15, 0.2) is 6.61 Å². The number of carbonyl (C=O) groups is 2. The molecular formula is C24H31BrN2O3. The fourth-order valence-electron chi connectivity index (χ4n) is 2.98. The van der Waals surface area contributed by atoms with E-state index in [9.17, 15) is 9.59 Å². The van der Waals surface area contributed by atoms with Gasteiger partial charge in [0.2, 0.25) is 5.91 Å². The maximum absolute atomic E-state index is 13.1. The summed E-state index contributed by atoms with van der Waals surface area (Å²) in [6, 6.07) is 12.9. The smallest absolute Gasteiger partial charge is 0.261 e. The fraction of sp³-hybridized carbons (Fsp3) is 0.417. The minimum atomic E-state index is -0.618. The molecule has 1 N–H and O–H groups in total. The number of hydrogen-bond acceptors (Lipinski definition) is 3. The predicted molar refractivity (Wildman–Crippen MR) is 123 cm³/mol. The normalized spacial score (nSPS) is 12.7. The van der Waals surface area contributed by atoms with E-state index in [-0.39, 0.29) is 24.5 Å². The molecule has 0 aliphatic rings. The number of amides is 2. The van der Waals surface area contributed by atoms with Crippen molar-refractivity contribution in [3.8, 4) is 5.75 Å². The van der Waals surface area contributed by atoms with Crippen LogP contribution in [0.1, 0.15) is 43.9 Å². The molecule has 2 amide bonds. The van der Waals surface area contributed by atoms with Gasteiger partial charge in [0.1, 0.15) is 11.8 Å². The molecule has 162 valence electrons. The van der Waals surface area contributed by atoms with Crippen molar-refractivity contribution in [2.45, 2.75) is 59.7 Å². The molecule has 0 saturated heterocycles. The molecule has 2 aromatic rings. The Morgan fingerprint density at radius 2 is 1.83 bits per heavy atom. The van der Waals surface area contributed by atoms with Crippen molar-refractivity contribution in [1.82, 2.24) is 10.2 Å². The van der Waals surface area contributed by atoms with Crippen LogP contribution in [0.15, 0.2) is 46.9 Å². The van der Waals surface area contributed by atoms with E-state index in [0.29, 0.717) is 12.3 Å². The Labute approximate surface area is 187 Å². The zero-order valence-electron chi connectivity index (χ0n) is 18.4. The van der Waals surface area contributed by atoms with Gasteiger partial charge in [-0.3, -0.25) is 9.59 Å². The Balaban J connectivity index is 2.19. The molecule has 2 atom stereocenters. The largest absolute Gasteiger partial charge is 0.483 e. The summed E-state index contributed by atoms with van der Waals surface area (Å²) in [6.07, 6.45) is 0.827. The molecule has 0 aliphatic carbocycles. The lowest BCUT2D eigenvalue weighted by molar-refractivity contribution is -0.142. The zero-order chi connectivity index (χ0) is 22.3. The first-order chi connectivity index (χ1) is 14.2. The number of rotatable bonds is 9. The molecule has 0 aliphatic heterocycles. The summed E-state index contributed by atoms with van der Waals surface area (Å²) >= 11 is 3.47. The van der Waals surface area contributed by atoms with Crippen LogP contribution in [0, 0.1) is 13.8 Å². The standard InChI is InChI=1S/C24H31BrN2O3/c1-6-17(3)26-24(29)19(5)27(14-20-10-8-11-21(25)13-20)23(28)15-30-22-12-7-9-16(2)18(22)4/h7-13,17,19H,6,14-15H2,1-5H3,(H,26,29)/t17-,19+/m1/s1. The fourth-order valence-corrected chi connectivity index (χ4v) is 3.43. The number of nitrogens with zero attached hydrogens (tertiary/aromatic N) is 1. The Morgan fingerprint density at radius 1 is 1.13 bits per heavy atom. The minimum Gasteiger partial charge on any atom is -0.483 e. The van der Waals surface area contributed by atoms with Crippen LogP contribution in [0.3, 0.4) is 0 Å². The zero-order valence-corrected chi connectivity index (χ0v) is 20.0. The summed E-state index contributed by atoms with van der Waals surface area (Å²) in [7, 11) is 0. The number of benzene rings is 2. The van der Waals surface area contributed by atoms with Gasteiger partial charge in [-0.25, -0.2) is 0 Å². The van der Waals surface area contributed by atoms with E-state index in [1.165, 1.54) is 0 Å². The third-order valence-corrected chi connectivity index (χ3v) is 5.81. The number of aryl methyl sites for hydroxylation is 1. The van der Waals surface area contributed by atoms with Crippen LogP contribution in [0.5, 0.6) is 5.75 Å². The van der Waals surface area contributed by atoms with Crippen molar-refractivity contribution in [3.63, 3.8) is 0 Å². The molecule has 0 heterocycles. The molecule has 0 spiro atoms. The molecule has 5 nitrogen and oxygen atoms in total. The van der Waals surface area contributed by atoms with Crippen LogP contribution in [-0.2, 0) is 16.1 Å². The first-order valence-corrected chi connectivity index (χ1v) is 11.1. The summed E-state index contributed by atoms with van der Waals surface area (Å²) in [5.74, 6) is 0.282. The average molecular weight is 475 g/mol. The van der Waals surface area contributed by atoms with Crippen LogP contribution >= 0.6 is 15.9 Å². The molecule has 2 aromatic carbocycles. The second kappa shape index (κ2) is 11.2. The quantitative estimate of drug-likeness (QED) is 0.568. The molecule has 30 heavy (non-hydrogen) atoms. The van der Waals surface area contributed by atoms with Crippen LogP contribution < -0.4 is 10.1 Å². The number of ether oxygens (including phenoxy) is 1. The second-order valence-corrected chi connectivity index (χ2v) is 8.55. The van der Waals surface area contributed by atoms with Gasteiger partial charge in [0.05, 0.1) is 0 Å². The van der Waals surface area contributed by atoms with Crippen LogP contribution in [0.2, 0.25) is 0 Å². The molecule has 0 saturated carbocycles. The summed E-state index contributed by atoms with van der Waals surface area (Å²) < 4.78 is 6.75. The molecule has 0 unspecified atom stereocenters. The lowest BCUT2D eigenvalue weighted by Crippen LogP contribution is -2.50. The Kier molecular flexibility index (Phi) is 8.90. The molecule has 2 rings (SSSR count). The monoisotopic (exact) mass is 474 g/mol. The SMILES string of the molecule is CC[C@@H](C)NC(=O)[C@H](C)N(Cc1cccc(Br)c1)C(=O)COc1cccc(C)c1C. The van der Waals surface area contributed by atoms with Gasteiger partial charge in [-0.05, 0) is 69.0 Å². The highest BCUT2D eigenvalue weighted by Gasteiger charge is 2.27. The topological polar surface area (TPSA) is 58.6 Å². The van der Waals surface area contributed by atoms with Crippen LogP contribution in [0.25, 0.3) is 0 Å². The van der Waals surface area contributed by atoms with Crippen molar-refractivity contribution < 1.29 is 14.3 Å². The van der Waals surface area contributed by atoms with Crippen LogP contribution in [-0.4, -0.2) is 35.4 Å². The van der Waals surface area contributed by atoms with E-state index in [1.54, 1.807) is 11.8 Å². The second-order valence-electron chi connectivity index (χ2n) is 7.63.